The number of benzene rings is 2. The molecule has 0 radical (unpaired) electrons. The van der Waals surface area contributed by atoms with Gasteiger partial charge in [0.15, 0.2) is 0 Å². The SMILES string of the molecule is O=C1C(=O)N(Cc2cccc3cccnc23)c2ccccc21. The Morgan fingerprint density at radius 1 is 0.909 bits per heavy atom. The molecule has 0 fully saturated rings. The van der Waals surface area contributed by atoms with Crippen molar-refractivity contribution in [2.45, 2.75) is 6.54 Å². The average molecular weight is 288 g/mol. The van der Waals surface area contributed by atoms with Gasteiger partial charge < -0.3 is 4.90 Å². The topological polar surface area (TPSA) is 50.3 Å². The summed E-state index contributed by atoms with van der Waals surface area (Å²) < 4.78 is 0. The van der Waals surface area contributed by atoms with E-state index < -0.39 is 11.7 Å². The number of carbonyl (C=O) groups is 2. The Morgan fingerprint density at radius 3 is 2.64 bits per heavy atom. The normalized spacial score (nSPS) is 13.7. The molecule has 106 valence electrons. The van der Waals surface area contributed by atoms with E-state index in [1.165, 1.54) is 4.90 Å². The van der Waals surface area contributed by atoms with Gasteiger partial charge in [-0.1, -0.05) is 36.4 Å². The van der Waals surface area contributed by atoms with Crippen LogP contribution in [0.15, 0.2) is 60.8 Å². The van der Waals surface area contributed by atoms with Gasteiger partial charge in [-0.2, -0.15) is 0 Å². The van der Waals surface area contributed by atoms with E-state index in [2.05, 4.69) is 4.98 Å². The van der Waals surface area contributed by atoms with Crippen LogP contribution in [0.1, 0.15) is 15.9 Å². The second-order valence-electron chi connectivity index (χ2n) is 5.23. The van der Waals surface area contributed by atoms with Crippen LogP contribution in [0.4, 0.5) is 5.69 Å². The molecule has 0 N–H and O–H groups in total. The van der Waals surface area contributed by atoms with E-state index in [-0.39, 0.29) is 0 Å². The van der Waals surface area contributed by atoms with Gasteiger partial charge in [0.25, 0.3) is 11.7 Å². The summed E-state index contributed by atoms with van der Waals surface area (Å²) in [4.78, 5) is 30.2. The van der Waals surface area contributed by atoms with Gasteiger partial charge in [-0.25, -0.2) is 0 Å². The van der Waals surface area contributed by atoms with Gasteiger partial charge in [0.2, 0.25) is 0 Å². The van der Waals surface area contributed by atoms with Gasteiger partial charge in [0.05, 0.1) is 23.3 Å². The fourth-order valence-electron chi connectivity index (χ4n) is 2.87. The van der Waals surface area contributed by atoms with Crippen LogP contribution in [-0.2, 0) is 11.3 Å². The van der Waals surface area contributed by atoms with E-state index in [1.807, 2.05) is 36.4 Å². The van der Waals surface area contributed by atoms with E-state index in [1.54, 1.807) is 24.4 Å². The first-order chi connectivity index (χ1) is 10.8. The minimum atomic E-state index is -0.478. The zero-order chi connectivity index (χ0) is 15.1. The predicted molar refractivity (Wildman–Crippen MR) is 83.7 cm³/mol. The molecule has 22 heavy (non-hydrogen) atoms. The van der Waals surface area contributed by atoms with E-state index in [0.717, 1.165) is 16.5 Å². The number of hydrogen-bond donors (Lipinski definition) is 0. The van der Waals surface area contributed by atoms with E-state index >= 15 is 0 Å². The Morgan fingerprint density at radius 2 is 1.73 bits per heavy atom. The van der Waals surface area contributed by atoms with Crippen molar-refractivity contribution in [1.82, 2.24) is 4.98 Å². The van der Waals surface area contributed by atoms with Gasteiger partial charge >= 0.3 is 0 Å². The zero-order valence-electron chi connectivity index (χ0n) is 11.7. The second-order valence-corrected chi connectivity index (χ2v) is 5.23. The number of Topliss-reactive ketones (excluding diaryl/α,β-unsaturated/α-hetero) is 1. The molecule has 2 heterocycles. The van der Waals surface area contributed by atoms with Crippen molar-refractivity contribution in [2.75, 3.05) is 4.90 Å². The van der Waals surface area contributed by atoms with Crippen LogP contribution in [0.2, 0.25) is 0 Å². The van der Waals surface area contributed by atoms with Crippen LogP contribution in [0.3, 0.4) is 0 Å². The van der Waals surface area contributed by atoms with Crippen molar-refractivity contribution in [2.24, 2.45) is 0 Å². The molecule has 0 aliphatic carbocycles. The lowest BCUT2D eigenvalue weighted by molar-refractivity contribution is -0.114. The number of amides is 1. The number of carbonyl (C=O) groups excluding carboxylic acids is 2. The van der Waals surface area contributed by atoms with Crippen molar-refractivity contribution in [3.63, 3.8) is 0 Å². The van der Waals surface area contributed by atoms with Crippen LogP contribution in [-0.4, -0.2) is 16.7 Å². The lowest BCUT2D eigenvalue weighted by Gasteiger charge is -2.17. The predicted octanol–water partition coefficient (Wildman–Crippen LogP) is 2.96. The number of fused-ring (bicyclic) bond motifs is 2. The third-order valence-corrected chi connectivity index (χ3v) is 3.92. The monoisotopic (exact) mass is 288 g/mol. The number of hydrogen-bond acceptors (Lipinski definition) is 3. The zero-order valence-corrected chi connectivity index (χ0v) is 11.7. The minimum absolute atomic E-state index is 0.343. The number of pyridine rings is 1. The average Bonchev–Trinajstić information content (AvgIpc) is 2.81. The summed E-state index contributed by atoms with van der Waals surface area (Å²) in [5.74, 6) is -0.919. The summed E-state index contributed by atoms with van der Waals surface area (Å²) in [5, 5.41) is 1.02. The number of aromatic nitrogens is 1. The molecule has 3 aromatic rings. The van der Waals surface area contributed by atoms with Gasteiger partial charge in [0.1, 0.15) is 0 Å². The highest BCUT2D eigenvalue weighted by molar-refractivity contribution is 6.52. The lowest BCUT2D eigenvalue weighted by atomic mass is 10.1. The first-order valence-corrected chi connectivity index (χ1v) is 7.03. The van der Waals surface area contributed by atoms with Crippen LogP contribution < -0.4 is 4.90 Å². The third-order valence-electron chi connectivity index (χ3n) is 3.92. The van der Waals surface area contributed by atoms with Crippen molar-refractivity contribution in [3.8, 4) is 0 Å². The quantitative estimate of drug-likeness (QED) is 0.681. The molecular weight excluding hydrogens is 276 g/mol. The molecule has 1 aliphatic rings. The van der Waals surface area contributed by atoms with Crippen LogP contribution in [0.5, 0.6) is 0 Å². The maximum Gasteiger partial charge on any atom is 0.299 e. The van der Waals surface area contributed by atoms with Crippen molar-refractivity contribution in [3.05, 3.63) is 71.9 Å². The number of nitrogens with zero attached hydrogens (tertiary/aromatic N) is 2. The highest BCUT2D eigenvalue weighted by atomic mass is 16.2. The summed E-state index contributed by atoms with van der Waals surface area (Å²) in [5.41, 5.74) is 2.93. The molecular formula is C18H12N2O2. The van der Waals surface area contributed by atoms with Gasteiger partial charge in [-0.3, -0.25) is 14.6 Å². The first kappa shape index (κ1) is 12.7. The molecule has 2 aromatic carbocycles. The summed E-state index contributed by atoms with van der Waals surface area (Å²) in [7, 11) is 0. The minimum Gasteiger partial charge on any atom is -0.300 e. The third kappa shape index (κ3) is 1.81. The fourth-order valence-corrected chi connectivity index (χ4v) is 2.87. The van der Waals surface area contributed by atoms with E-state index in [9.17, 15) is 9.59 Å². The summed E-state index contributed by atoms with van der Waals surface area (Å²) in [6.45, 7) is 0.343. The molecule has 1 aliphatic heterocycles. The Kier molecular flexibility index (Phi) is 2.76. The Hall–Kier alpha value is -3.01. The van der Waals surface area contributed by atoms with E-state index in [0.29, 0.717) is 17.8 Å². The molecule has 0 saturated heterocycles. The molecule has 4 nitrogen and oxygen atoms in total. The molecule has 4 rings (SSSR count). The van der Waals surface area contributed by atoms with Gasteiger partial charge in [-0.05, 0) is 23.8 Å². The number of ketones is 1. The molecule has 0 unspecified atom stereocenters. The molecule has 1 aromatic heterocycles. The Balaban J connectivity index is 1.80. The van der Waals surface area contributed by atoms with Crippen molar-refractivity contribution < 1.29 is 9.59 Å². The van der Waals surface area contributed by atoms with Crippen molar-refractivity contribution in [1.29, 1.82) is 0 Å². The number of anilines is 1. The lowest BCUT2D eigenvalue weighted by Crippen LogP contribution is -2.29. The second kappa shape index (κ2) is 4.77. The van der Waals surface area contributed by atoms with Crippen LogP contribution in [0.25, 0.3) is 10.9 Å². The van der Waals surface area contributed by atoms with Gasteiger partial charge in [-0.15, -0.1) is 0 Å². The molecule has 0 saturated carbocycles. The highest BCUT2D eigenvalue weighted by Gasteiger charge is 2.35. The fraction of sp³-hybridized carbons (Fsp3) is 0.0556. The standard InChI is InChI=1S/C18H12N2O2/c21-17-14-8-1-2-9-15(14)20(18(17)22)11-13-6-3-5-12-7-4-10-19-16(12)13/h1-10H,11H2. The smallest absolute Gasteiger partial charge is 0.299 e. The number of rotatable bonds is 2. The highest BCUT2D eigenvalue weighted by Crippen LogP contribution is 2.30. The maximum atomic E-state index is 12.3. The summed E-state index contributed by atoms with van der Waals surface area (Å²) in [6.07, 6.45) is 1.73. The molecule has 0 atom stereocenters. The van der Waals surface area contributed by atoms with Crippen LogP contribution >= 0.6 is 0 Å². The molecule has 0 spiro atoms. The number of para-hydroxylation sites is 2. The summed E-state index contributed by atoms with van der Waals surface area (Å²) in [6, 6.07) is 16.8. The Labute approximate surface area is 127 Å². The molecule has 4 heteroatoms. The largest absolute Gasteiger partial charge is 0.300 e. The van der Waals surface area contributed by atoms with Crippen LogP contribution in [0, 0.1) is 0 Å². The first-order valence-electron chi connectivity index (χ1n) is 7.03. The van der Waals surface area contributed by atoms with E-state index in [4.69, 9.17) is 0 Å². The summed E-state index contributed by atoms with van der Waals surface area (Å²) >= 11 is 0. The molecule has 0 bridgehead atoms. The van der Waals surface area contributed by atoms with Crippen molar-refractivity contribution >= 4 is 28.3 Å². The maximum absolute atomic E-state index is 12.3. The Bertz CT molecular complexity index is 912. The molecule has 1 amide bonds. The van der Waals surface area contributed by atoms with Gasteiger partial charge in [0, 0.05) is 11.6 Å².